The maximum Gasteiger partial charge on any atom is 0.122 e. The first-order valence-electron chi connectivity index (χ1n) is 11.1. The van der Waals surface area contributed by atoms with Crippen LogP contribution in [0, 0.1) is 6.92 Å². The van der Waals surface area contributed by atoms with Crippen LogP contribution in [0.3, 0.4) is 0 Å². The second-order valence-electron chi connectivity index (χ2n) is 7.98. The normalized spacial score (nSPS) is 10.9. The van der Waals surface area contributed by atoms with Crippen LogP contribution >= 0.6 is 0 Å². The van der Waals surface area contributed by atoms with E-state index >= 15 is 0 Å². The van der Waals surface area contributed by atoms with Crippen molar-refractivity contribution in [2.45, 2.75) is 58.8 Å². The Bertz CT molecular complexity index is 875. The van der Waals surface area contributed by atoms with E-state index in [1.165, 1.54) is 72.8 Å². The van der Waals surface area contributed by atoms with Gasteiger partial charge in [0.1, 0.15) is 5.75 Å². The summed E-state index contributed by atoms with van der Waals surface area (Å²) in [4.78, 5) is 0. The Labute approximate surface area is 176 Å². The summed E-state index contributed by atoms with van der Waals surface area (Å²) >= 11 is 0. The second kappa shape index (κ2) is 10.9. The number of ether oxygens (including phenoxy) is 1. The third-order valence-corrected chi connectivity index (χ3v) is 5.73. The van der Waals surface area contributed by atoms with Crippen LogP contribution in [0.1, 0.15) is 56.6 Å². The summed E-state index contributed by atoms with van der Waals surface area (Å²) in [6.07, 6.45) is 9.32. The molecule has 0 saturated carbocycles. The summed E-state index contributed by atoms with van der Waals surface area (Å²) in [5.74, 6) is 0.938. The molecule has 0 aliphatic carbocycles. The first-order chi connectivity index (χ1) is 14.2. The smallest absolute Gasteiger partial charge is 0.122 e. The standard InChI is InChI=1S/C28H34O/c1-4-5-6-7-8-9-10-23-12-15-24(16-13-23)25-17-19-26(20-18-25)27-14-11-22(2)28(21-27)29-3/h11-21H,4-10H2,1-3H3. The molecule has 1 heteroatoms. The molecule has 0 bridgehead atoms. The molecular formula is C28H34O. The fraction of sp³-hybridized carbons (Fsp3) is 0.357. The molecule has 3 rings (SSSR count). The van der Waals surface area contributed by atoms with Crippen LogP contribution in [-0.4, -0.2) is 7.11 Å². The Morgan fingerprint density at radius 1 is 0.621 bits per heavy atom. The Morgan fingerprint density at radius 2 is 1.14 bits per heavy atom. The molecule has 0 radical (unpaired) electrons. The van der Waals surface area contributed by atoms with E-state index in [4.69, 9.17) is 4.74 Å². The molecule has 1 nitrogen and oxygen atoms in total. The van der Waals surface area contributed by atoms with Crippen molar-refractivity contribution in [3.63, 3.8) is 0 Å². The summed E-state index contributed by atoms with van der Waals surface area (Å²) in [6.45, 7) is 4.34. The zero-order valence-electron chi connectivity index (χ0n) is 18.2. The lowest BCUT2D eigenvalue weighted by atomic mass is 9.98. The molecule has 29 heavy (non-hydrogen) atoms. The van der Waals surface area contributed by atoms with Crippen molar-refractivity contribution >= 4 is 0 Å². The Morgan fingerprint density at radius 3 is 1.76 bits per heavy atom. The largest absolute Gasteiger partial charge is 0.496 e. The molecule has 0 saturated heterocycles. The molecule has 0 heterocycles. The zero-order chi connectivity index (χ0) is 20.5. The monoisotopic (exact) mass is 386 g/mol. The van der Waals surface area contributed by atoms with E-state index < -0.39 is 0 Å². The van der Waals surface area contributed by atoms with Crippen molar-refractivity contribution in [2.75, 3.05) is 7.11 Å². The molecule has 0 N–H and O–H groups in total. The molecule has 0 aliphatic rings. The number of hydrogen-bond acceptors (Lipinski definition) is 1. The average molecular weight is 387 g/mol. The predicted molar refractivity (Wildman–Crippen MR) is 126 cm³/mol. The maximum absolute atomic E-state index is 5.46. The van der Waals surface area contributed by atoms with Crippen molar-refractivity contribution < 1.29 is 4.74 Å². The van der Waals surface area contributed by atoms with Gasteiger partial charge >= 0.3 is 0 Å². The van der Waals surface area contributed by atoms with Gasteiger partial charge in [0.15, 0.2) is 0 Å². The van der Waals surface area contributed by atoms with Crippen LogP contribution < -0.4 is 4.74 Å². The van der Waals surface area contributed by atoms with Crippen LogP contribution in [0.2, 0.25) is 0 Å². The maximum atomic E-state index is 5.46. The van der Waals surface area contributed by atoms with Crippen molar-refractivity contribution in [1.82, 2.24) is 0 Å². The van der Waals surface area contributed by atoms with Crippen LogP contribution in [0.5, 0.6) is 5.75 Å². The minimum absolute atomic E-state index is 0.938. The molecule has 0 fully saturated rings. The van der Waals surface area contributed by atoms with Gasteiger partial charge in [-0.25, -0.2) is 0 Å². The quantitative estimate of drug-likeness (QED) is 0.319. The minimum Gasteiger partial charge on any atom is -0.496 e. The van der Waals surface area contributed by atoms with Crippen LogP contribution in [0.25, 0.3) is 22.3 Å². The highest BCUT2D eigenvalue weighted by Crippen LogP contribution is 2.29. The average Bonchev–Trinajstić information content (AvgIpc) is 2.77. The van der Waals surface area contributed by atoms with E-state index in [0.717, 1.165) is 11.3 Å². The fourth-order valence-corrected chi connectivity index (χ4v) is 3.83. The number of unbranched alkanes of at least 4 members (excludes halogenated alkanes) is 5. The van der Waals surface area contributed by atoms with Gasteiger partial charge in [0, 0.05) is 0 Å². The minimum atomic E-state index is 0.938. The molecular weight excluding hydrogens is 352 g/mol. The number of aryl methyl sites for hydroxylation is 2. The van der Waals surface area contributed by atoms with Gasteiger partial charge in [-0.1, -0.05) is 99.7 Å². The second-order valence-corrected chi connectivity index (χ2v) is 7.98. The number of rotatable bonds is 10. The number of hydrogen-bond donors (Lipinski definition) is 0. The molecule has 3 aromatic carbocycles. The Hall–Kier alpha value is -2.54. The van der Waals surface area contributed by atoms with E-state index in [0.29, 0.717) is 0 Å². The summed E-state index contributed by atoms with van der Waals surface area (Å²) in [5.41, 5.74) is 7.56. The fourth-order valence-electron chi connectivity index (χ4n) is 3.83. The first kappa shape index (κ1) is 21.2. The lowest BCUT2D eigenvalue weighted by Crippen LogP contribution is -1.88. The van der Waals surface area contributed by atoms with Gasteiger partial charge < -0.3 is 4.74 Å². The molecule has 0 atom stereocenters. The Balaban J connectivity index is 1.60. The Kier molecular flexibility index (Phi) is 7.93. The van der Waals surface area contributed by atoms with Gasteiger partial charge in [-0.2, -0.15) is 0 Å². The van der Waals surface area contributed by atoms with Crippen molar-refractivity contribution in [2.24, 2.45) is 0 Å². The summed E-state index contributed by atoms with van der Waals surface area (Å²) in [7, 11) is 1.73. The molecule has 0 spiro atoms. The highest BCUT2D eigenvalue weighted by Gasteiger charge is 2.04. The van der Waals surface area contributed by atoms with E-state index in [9.17, 15) is 0 Å². The molecule has 0 unspecified atom stereocenters. The zero-order valence-corrected chi connectivity index (χ0v) is 18.2. The van der Waals surface area contributed by atoms with Crippen LogP contribution in [0.4, 0.5) is 0 Å². The highest BCUT2D eigenvalue weighted by atomic mass is 16.5. The van der Waals surface area contributed by atoms with Gasteiger partial charge in [-0.05, 0) is 59.2 Å². The summed E-state index contributed by atoms with van der Waals surface area (Å²) < 4.78 is 5.46. The lowest BCUT2D eigenvalue weighted by Gasteiger charge is -2.09. The molecule has 152 valence electrons. The van der Waals surface area contributed by atoms with Gasteiger partial charge in [0.25, 0.3) is 0 Å². The van der Waals surface area contributed by atoms with Crippen molar-refractivity contribution in [1.29, 1.82) is 0 Å². The lowest BCUT2D eigenvalue weighted by molar-refractivity contribution is 0.412. The van der Waals surface area contributed by atoms with Gasteiger partial charge in [0.05, 0.1) is 7.11 Å². The number of methoxy groups -OCH3 is 1. The molecule has 0 aromatic heterocycles. The predicted octanol–water partition coefficient (Wildman–Crippen LogP) is 8.24. The van der Waals surface area contributed by atoms with E-state index in [1.807, 2.05) is 0 Å². The highest BCUT2D eigenvalue weighted by molar-refractivity contribution is 5.71. The van der Waals surface area contributed by atoms with Crippen molar-refractivity contribution in [3.8, 4) is 28.0 Å². The van der Waals surface area contributed by atoms with Gasteiger partial charge in [-0.15, -0.1) is 0 Å². The van der Waals surface area contributed by atoms with E-state index in [1.54, 1.807) is 7.11 Å². The van der Waals surface area contributed by atoms with E-state index in [2.05, 4.69) is 80.6 Å². The first-order valence-corrected chi connectivity index (χ1v) is 11.1. The SMILES string of the molecule is CCCCCCCCc1ccc(-c2ccc(-c3ccc(C)c(OC)c3)cc2)cc1. The summed E-state index contributed by atoms with van der Waals surface area (Å²) in [5, 5.41) is 0. The number of benzene rings is 3. The molecule has 3 aromatic rings. The van der Waals surface area contributed by atoms with E-state index in [-0.39, 0.29) is 0 Å². The molecule has 0 amide bonds. The van der Waals surface area contributed by atoms with Crippen molar-refractivity contribution in [3.05, 3.63) is 77.9 Å². The third-order valence-electron chi connectivity index (χ3n) is 5.73. The van der Waals surface area contributed by atoms with Gasteiger partial charge in [-0.3, -0.25) is 0 Å². The van der Waals surface area contributed by atoms with Crippen LogP contribution in [0.15, 0.2) is 66.7 Å². The summed E-state index contributed by atoms with van der Waals surface area (Å²) in [6, 6.07) is 24.3. The third kappa shape index (κ3) is 5.97. The topological polar surface area (TPSA) is 9.23 Å². The van der Waals surface area contributed by atoms with Gasteiger partial charge in [0.2, 0.25) is 0 Å². The molecule has 0 aliphatic heterocycles. The van der Waals surface area contributed by atoms with Crippen LogP contribution in [-0.2, 0) is 6.42 Å².